The van der Waals surface area contributed by atoms with Gasteiger partial charge in [0.15, 0.2) is 0 Å². The molecule has 0 atom stereocenters. The van der Waals surface area contributed by atoms with Crippen molar-refractivity contribution in [2.45, 2.75) is 39.5 Å². The number of rotatable bonds is 5. The molecule has 2 nitrogen and oxygen atoms in total. The van der Waals surface area contributed by atoms with Gasteiger partial charge in [-0.25, -0.2) is 0 Å². The highest BCUT2D eigenvalue weighted by Crippen LogP contribution is 2.21. The Bertz CT molecular complexity index is 137. The van der Waals surface area contributed by atoms with E-state index in [0.717, 1.165) is 6.54 Å². The molecule has 0 bridgehead atoms. The van der Waals surface area contributed by atoms with Crippen LogP contribution in [0.1, 0.15) is 39.5 Å². The van der Waals surface area contributed by atoms with Crippen LogP contribution in [0.15, 0.2) is 0 Å². The summed E-state index contributed by atoms with van der Waals surface area (Å²) in [5, 5.41) is 0. The first-order valence-corrected chi connectivity index (χ1v) is 5.56. The van der Waals surface area contributed by atoms with Crippen molar-refractivity contribution in [1.29, 1.82) is 0 Å². The predicted octanol–water partition coefficient (Wildman–Crippen LogP) is 1.85. The van der Waals surface area contributed by atoms with Crippen molar-refractivity contribution in [3.63, 3.8) is 0 Å². The maximum Gasteiger partial charge on any atom is -0.00183 e. The fraction of sp³-hybridized carbons (Fsp3) is 1.00. The van der Waals surface area contributed by atoms with Gasteiger partial charge in [0.1, 0.15) is 0 Å². The van der Waals surface area contributed by atoms with Crippen LogP contribution in [0.25, 0.3) is 0 Å². The summed E-state index contributed by atoms with van der Waals surface area (Å²) in [7, 11) is 0. The Balaban J connectivity index is 2.06. The molecule has 1 aliphatic rings. The normalized spacial score (nSPS) is 19.6. The van der Waals surface area contributed by atoms with E-state index in [-0.39, 0.29) is 0 Å². The van der Waals surface area contributed by atoms with Gasteiger partial charge in [0.25, 0.3) is 0 Å². The summed E-state index contributed by atoms with van der Waals surface area (Å²) in [5.74, 6) is 0. The van der Waals surface area contributed by atoms with Crippen LogP contribution >= 0.6 is 0 Å². The third-order valence-corrected chi connectivity index (χ3v) is 3.08. The van der Waals surface area contributed by atoms with Crippen molar-refractivity contribution < 1.29 is 0 Å². The molecule has 1 aliphatic heterocycles. The fourth-order valence-corrected chi connectivity index (χ4v) is 1.89. The van der Waals surface area contributed by atoms with E-state index in [1.54, 1.807) is 0 Å². The van der Waals surface area contributed by atoms with E-state index in [9.17, 15) is 0 Å². The fourth-order valence-electron chi connectivity index (χ4n) is 1.89. The lowest BCUT2D eigenvalue weighted by atomic mass is 9.88. The van der Waals surface area contributed by atoms with Crippen molar-refractivity contribution in [2.75, 3.05) is 26.2 Å². The van der Waals surface area contributed by atoms with Crippen LogP contribution in [0, 0.1) is 5.41 Å². The lowest BCUT2D eigenvalue weighted by Gasteiger charge is -2.23. The molecule has 1 saturated heterocycles. The smallest absolute Gasteiger partial charge is 0.00183 e. The summed E-state index contributed by atoms with van der Waals surface area (Å²) in [5.41, 5.74) is 6.03. The Morgan fingerprint density at radius 3 is 2.38 bits per heavy atom. The second-order valence-electron chi connectivity index (χ2n) is 5.02. The third-order valence-electron chi connectivity index (χ3n) is 3.08. The van der Waals surface area contributed by atoms with Crippen molar-refractivity contribution in [1.82, 2.24) is 4.90 Å². The minimum Gasteiger partial charge on any atom is -0.330 e. The molecule has 78 valence electrons. The van der Waals surface area contributed by atoms with Gasteiger partial charge in [-0.2, -0.15) is 0 Å². The largest absolute Gasteiger partial charge is 0.330 e. The maximum atomic E-state index is 5.69. The zero-order valence-corrected chi connectivity index (χ0v) is 9.18. The van der Waals surface area contributed by atoms with Crippen LogP contribution in [-0.2, 0) is 0 Å². The summed E-state index contributed by atoms with van der Waals surface area (Å²) in [6, 6.07) is 0. The molecule has 0 radical (unpaired) electrons. The molecule has 0 amide bonds. The zero-order valence-electron chi connectivity index (χ0n) is 9.18. The molecule has 0 aromatic rings. The van der Waals surface area contributed by atoms with Crippen LogP contribution in [0.5, 0.6) is 0 Å². The van der Waals surface area contributed by atoms with E-state index in [1.807, 2.05) is 0 Å². The van der Waals surface area contributed by atoms with E-state index in [4.69, 9.17) is 5.73 Å². The molecule has 0 aromatic heterocycles. The van der Waals surface area contributed by atoms with E-state index >= 15 is 0 Å². The highest BCUT2D eigenvalue weighted by Gasteiger charge is 2.16. The number of hydrogen-bond donors (Lipinski definition) is 1. The molecule has 1 rings (SSSR count). The van der Waals surface area contributed by atoms with E-state index in [2.05, 4.69) is 18.7 Å². The van der Waals surface area contributed by atoms with Gasteiger partial charge >= 0.3 is 0 Å². The molecule has 2 heteroatoms. The summed E-state index contributed by atoms with van der Waals surface area (Å²) in [4.78, 5) is 2.58. The minimum atomic E-state index is 0.347. The molecule has 13 heavy (non-hydrogen) atoms. The highest BCUT2D eigenvalue weighted by molar-refractivity contribution is 4.71. The SMILES string of the molecule is CC(C)(CN)CCCN1CCCC1. The van der Waals surface area contributed by atoms with Gasteiger partial charge in [0, 0.05) is 0 Å². The summed E-state index contributed by atoms with van der Waals surface area (Å²) in [6.45, 7) is 9.26. The summed E-state index contributed by atoms with van der Waals surface area (Å²) >= 11 is 0. The predicted molar refractivity (Wildman–Crippen MR) is 57.7 cm³/mol. The number of hydrogen-bond acceptors (Lipinski definition) is 2. The standard InChI is InChI=1S/C11H24N2/c1-11(2,10-12)6-5-9-13-7-3-4-8-13/h3-10,12H2,1-2H3. The number of likely N-dealkylation sites (tertiary alicyclic amines) is 1. The Hall–Kier alpha value is -0.0800. The first-order valence-electron chi connectivity index (χ1n) is 5.56. The number of nitrogens with two attached hydrogens (primary N) is 1. The molecule has 0 unspecified atom stereocenters. The zero-order chi connectivity index (χ0) is 9.73. The third kappa shape index (κ3) is 4.10. The summed E-state index contributed by atoms with van der Waals surface area (Å²) < 4.78 is 0. The Morgan fingerprint density at radius 1 is 1.23 bits per heavy atom. The molecule has 0 aromatic carbocycles. The van der Waals surface area contributed by atoms with Crippen LogP contribution in [0.4, 0.5) is 0 Å². The van der Waals surface area contributed by atoms with Crippen molar-refractivity contribution in [3.8, 4) is 0 Å². The van der Waals surface area contributed by atoms with E-state index < -0.39 is 0 Å². The minimum absolute atomic E-state index is 0.347. The van der Waals surface area contributed by atoms with E-state index in [1.165, 1.54) is 45.3 Å². The topological polar surface area (TPSA) is 29.3 Å². The molecule has 0 saturated carbocycles. The van der Waals surface area contributed by atoms with Gasteiger partial charge in [-0.3, -0.25) is 0 Å². The second-order valence-corrected chi connectivity index (χ2v) is 5.02. The molecule has 2 N–H and O–H groups in total. The Labute approximate surface area is 82.5 Å². The molecule has 1 heterocycles. The van der Waals surface area contributed by atoms with Gasteiger partial charge in [-0.1, -0.05) is 13.8 Å². The monoisotopic (exact) mass is 184 g/mol. The summed E-state index contributed by atoms with van der Waals surface area (Å²) in [6.07, 6.45) is 5.38. The van der Waals surface area contributed by atoms with Crippen molar-refractivity contribution in [3.05, 3.63) is 0 Å². The number of nitrogens with zero attached hydrogens (tertiary/aromatic N) is 1. The lowest BCUT2D eigenvalue weighted by molar-refractivity contribution is 0.279. The Morgan fingerprint density at radius 2 is 1.85 bits per heavy atom. The van der Waals surface area contributed by atoms with E-state index in [0.29, 0.717) is 5.41 Å². The first kappa shape index (κ1) is 11.0. The average molecular weight is 184 g/mol. The lowest BCUT2D eigenvalue weighted by Crippen LogP contribution is -2.26. The molecule has 0 spiro atoms. The van der Waals surface area contributed by atoms with Crippen LogP contribution < -0.4 is 5.73 Å². The first-order chi connectivity index (χ1) is 6.14. The van der Waals surface area contributed by atoms with Gasteiger partial charge in [-0.15, -0.1) is 0 Å². The van der Waals surface area contributed by atoms with Crippen LogP contribution in [0.2, 0.25) is 0 Å². The molecule has 1 fully saturated rings. The molecular formula is C11H24N2. The van der Waals surface area contributed by atoms with Gasteiger partial charge in [0.2, 0.25) is 0 Å². The quantitative estimate of drug-likeness (QED) is 0.706. The van der Waals surface area contributed by atoms with Crippen LogP contribution in [0.3, 0.4) is 0 Å². The van der Waals surface area contributed by atoms with Crippen LogP contribution in [-0.4, -0.2) is 31.1 Å². The van der Waals surface area contributed by atoms with Crippen molar-refractivity contribution in [2.24, 2.45) is 11.1 Å². The van der Waals surface area contributed by atoms with Gasteiger partial charge in [-0.05, 0) is 57.3 Å². The Kier molecular flexibility index (Phi) is 4.20. The van der Waals surface area contributed by atoms with Gasteiger partial charge in [0.05, 0.1) is 0 Å². The van der Waals surface area contributed by atoms with Gasteiger partial charge < -0.3 is 10.6 Å². The molecular weight excluding hydrogens is 160 g/mol. The van der Waals surface area contributed by atoms with Crippen molar-refractivity contribution >= 4 is 0 Å². The molecule has 0 aliphatic carbocycles. The second kappa shape index (κ2) is 4.97. The average Bonchev–Trinajstić information content (AvgIpc) is 2.57. The highest BCUT2D eigenvalue weighted by atomic mass is 15.1. The maximum absolute atomic E-state index is 5.69.